The number of fused-ring (bicyclic) bond motifs is 1. The standard InChI is InChI=1S/C23H23FN6O/c1-3-5-15-11-21(30-29-15)27-20-12-18(14-6-4-7-14)26-23(28-20)31-19-9-8-17-16(22(19)24)10-13(2)25-17/h3,5,8-12,14,25H,4,6-7H2,1-2H3,(H2,26,27,28,29,30)/b5-3+. The van der Waals surface area contributed by atoms with Crippen molar-refractivity contribution in [3.8, 4) is 11.8 Å². The molecule has 0 atom stereocenters. The van der Waals surface area contributed by atoms with Gasteiger partial charge in [-0.3, -0.25) is 5.10 Å². The number of benzene rings is 1. The summed E-state index contributed by atoms with van der Waals surface area (Å²) in [6, 6.07) is 9.06. The number of anilines is 2. The first kappa shape index (κ1) is 19.3. The number of allylic oxidation sites excluding steroid dienone is 1. The second kappa shape index (κ2) is 7.86. The Morgan fingerprint density at radius 1 is 1.16 bits per heavy atom. The van der Waals surface area contributed by atoms with Crippen LogP contribution in [0.2, 0.25) is 0 Å². The van der Waals surface area contributed by atoms with Crippen LogP contribution in [0, 0.1) is 12.7 Å². The number of ether oxygens (including phenoxy) is 1. The molecule has 0 saturated heterocycles. The lowest BCUT2D eigenvalue weighted by Crippen LogP contribution is -2.12. The molecular weight excluding hydrogens is 395 g/mol. The van der Waals surface area contributed by atoms with Crippen molar-refractivity contribution in [1.82, 2.24) is 25.1 Å². The molecule has 1 aliphatic carbocycles. The summed E-state index contributed by atoms with van der Waals surface area (Å²) >= 11 is 0. The minimum atomic E-state index is -0.433. The summed E-state index contributed by atoms with van der Waals surface area (Å²) in [5, 5.41) is 10.9. The summed E-state index contributed by atoms with van der Waals surface area (Å²) in [7, 11) is 0. The van der Waals surface area contributed by atoms with Gasteiger partial charge in [0, 0.05) is 34.6 Å². The van der Waals surface area contributed by atoms with Crippen LogP contribution < -0.4 is 10.1 Å². The van der Waals surface area contributed by atoms with Gasteiger partial charge in [-0.15, -0.1) is 0 Å². The number of H-pyrrole nitrogens is 2. The highest BCUT2D eigenvalue weighted by atomic mass is 19.1. The van der Waals surface area contributed by atoms with Gasteiger partial charge in [0.1, 0.15) is 5.82 Å². The van der Waals surface area contributed by atoms with Crippen molar-refractivity contribution in [3.63, 3.8) is 0 Å². The molecule has 3 aromatic heterocycles. The summed E-state index contributed by atoms with van der Waals surface area (Å²) in [6.07, 6.45) is 7.19. The molecular formula is C23H23FN6O. The Bertz CT molecular complexity index is 1270. The maximum absolute atomic E-state index is 15.0. The van der Waals surface area contributed by atoms with Gasteiger partial charge >= 0.3 is 6.01 Å². The maximum Gasteiger partial charge on any atom is 0.324 e. The number of aromatic amines is 2. The van der Waals surface area contributed by atoms with Crippen LogP contribution in [0.25, 0.3) is 17.0 Å². The van der Waals surface area contributed by atoms with Crippen LogP contribution in [0.15, 0.2) is 36.4 Å². The van der Waals surface area contributed by atoms with Gasteiger partial charge in [0.2, 0.25) is 0 Å². The van der Waals surface area contributed by atoms with E-state index in [2.05, 4.69) is 30.5 Å². The molecule has 0 amide bonds. The van der Waals surface area contributed by atoms with E-state index in [0.717, 1.165) is 35.4 Å². The third-order valence-electron chi connectivity index (χ3n) is 5.49. The number of nitrogens with zero attached hydrogens (tertiary/aromatic N) is 3. The zero-order valence-electron chi connectivity index (χ0n) is 17.4. The fourth-order valence-electron chi connectivity index (χ4n) is 3.73. The van der Waals surface area contributed by atoms with E-state index in [1.807, 2.05) is 38.1 Å². The van der Waals surface area contributed by atoms with Gasteiger partial charge in [0.15, 0.2) is 17.4 Å². The van der Waals surface area contributed by atoms with Crippen molar-refractivity contribution in [2.75, 3.05) is 5.32 Å². The Morgan fingerprint density at radius 3 is 2.81 bits per heavy atom. The second-order valence-corrected chi connectivity index (χ2v) is 7.82. The number of aryl methyl sites for hydroxylation is 1. The van der Waals surface area contributed by atoms with E-state index >= 15 is 0 Å². The lowest BCUT2D eigenvalue weighted by atomic mass is 9.83. The quantitative estimate of drug-likeness (QED) is 0.359. The molecule has 1 fully saturated rings. The lowest BCUT2D eigenvalue weighted by Gasteiger charge is -2.25. The molecule has 8 heteroatoms. The predicted octanol–water partition coefficient (Wildman–Crippen LogP) is 5.97. The van der Waals surface area contributed by atoms with Crippen LogP contribution in [0.3, 0.4) is 0 Å². The maximum atomic E-state index is 15.0. The lowest BCUT2D eigenvalue weighted by molar-refractivity contribution is 0.387. The average molecular weight is 418 g/mol. The number of rotatable bonds is 6. The minimum Gasteiger partial charge on any atom is -0.421 e. The zero-order valence-corrected chi connectivity index (χ0v) is 17.4. The smallest absolute Gasteiger partial charge is 0.324 e. The molecule has 0 spiro atoms. The molecule has 0 aliphatic heterocycles. The first-order valence-electron chi connectivity index (χ1n) is 10.4. The highest BCUT2D eigenvalue weighted by Gasteiger charge is 2.23. The van der Waals surface area contributed by atoms with E-state index in [1.165, 1.54) is 6.42 Å². The summed E-state index contributed by atoms with van der Waals surface area (Å²) < 4.78 is 20.8. The molecule has 1 aliphatic rings. The summed E-state index contributed by atoms with van der Waals surface area (Å²) in [6.45, 7) is 3.83. The highest BCUT2D eigenvalue weighted by Crippen LogP contribution is 2.37. The van der Waals surface area contributed by atoms with E-state index in [4.69, 9.17) is 4.74 Å². The summed E-state index contributed by atoms with van der Waals surface area (Å²) in [4.78, 5) is 12.1. The first-order valence-corrected chi connectivity index (χ1v) is 10.4. The van der Waals surface area contributed by atoms with E-state index in [-0.39, 0.29) is 11.8 Å². The van der Waals surface area contributed by atoms with Crippen molar-refractivity contribution in [3.05, 3.63) is 59.3 Å². The van der Waals surface area contributed by atoms with E-state index in [0.29, 0.717) is 22.9 Å². The predicted molar refractivity (Wildman–Crippen MR) is 118 cm³/mol. The van der Waals surface area contributed by atoms with Gasteiger partial charge in [-0.05, 0) is 51.0 Å². The zero-order chi connectivity index (χ0) is 21.4. The Kier molecular flexibility index (Phi) is 4.89. The van der Waals surface area contributed by atoms with Crippen LogP contribution in [0.5, 0.6) is 11.8 Å². The fraction of sp³-hybridized carbons (Fsp3) is 0.261. The molecule has 4 aromatic rings. The Balaban J connectivity index is 1.47. The topological polar surface area (TPSA) is 91.5 Å². The minimum absolute atomic E-state index is 0.0957. The molecule has 7 nitrogen and oxygen atoms in total. The molecule has 0 bridgehead atoms. The normalized spacial score (nSPS) is 14.3. The SMILES string of the molecule is C/C=C/c1cc(Nc2cc(C3CCC3)nc(Oc3ccc4[nH]c(C)cc4c3F)n2)n[nH]1. The molecule has 0 unspecified atom stereocenters. The van der Waals surface area contributed by atoms with Gasteiger partial charge in [0.05, 0.1) is 11.4 Å². The third-order valence-corrected chi connectivity index (χ3v) is 5.49. The van der Waals surface area contributed by atoms with E-state index in [1.54, 1.807) is 18.2 Å². The van der Waals surface area contributed by atoms with Gasteiger partial charge in [-0.2, -0.15) is 15.1 Å². The fourth-order valence-corrected chi connectivity index (χ4v) is 3.73. The highest BCUT2D eigenvalue weighted by molar-refractivity contribution is 5.82. The van der Waals surface area contributed by atoms with E-state index < -0.39 is 5.82 Å². The van der Waals surface area contributed by atoms with Crippen LogP contribution in [-0.4, -0.2) is 25.1 Å². The Hall–Kier alpha value is -3.68. The van der Waals surface area contributed by atoms with Crippen molar-refractivity contribution in [2.24, 2.45) is 0 Å². The number of aromatic nitrogens is 5. The molecule has 3 N–H and O–H groups in total. The molecule has 0 radical (unpaired) electrons. The largest absolute Gasteiger partial charge is 0.421 e. The van der Waals surface area contributed by atoms with Gasteiger partial charge in [-0.1, -0.05) is 12.5 Å². The molecule has 1 saturated carbocycles. The van der Waals surface area contributed by atoms with Crippen molar-refractivity contribution >= 4 is 28.6 Å². The van der Waals surface area contributed by atoms with Crippen LogP contribution in [0.4, 0.5) is 16.0 Å². The number of hydrogen-bond acceptors (Lipinski definition) is 5. The van der Waals surface area contributed by atoms with Crippen molar-refractivity contribution in [1.29, 1.82) is 0 Å². The monoisotopic (exact) mass is 418 g/mol. The van der Waals surface area contributed by atoms with Crippen LogP contribution in [0.1, 0.15) is 49.2 Å². The van der Waals surface area contributed by atoms with Crippen molar-refractivity contribution in [2.45, 2.75) is 39.0 Å². The summed E-state index contributed by atoms with van der Waals surface area (Å²) in [5.74, 6) is 1.22. The Morgan fingerprint density at radius 2 is 2.03 bits per heavy atom. The summed E-state index contributed by atoms with van der Waals surface area (Å²) in [5.41, 5.74) is 3.38. The van der Waals surface area contributed by atoms with Crippen LogP contribution >= 0.6 is 0 Å². The van der Waals surface area contributed by atoms with Crippen LogP contribution in [-0.2, 0) is 0 Å². The molecule has 1 aromatic carbocycles. The molecule has 5 rings (SSSR count). The average Bonchev–Trinajstić information content (AvgIpc) is 3.29. The van der Waals surface area contributed by atoms with Crippen molar-refractivity contribution < 1.29 is 9.13 Å². The third kappa shape index (κ3) is 3.88. The van der Waals surface area contributed by atoms with E-state index in [9.17, 15) is 4.39 Å². The Labute approximate surface area is 178 Å². The molecule has 31 heavy (non-hydrogen) atoms. The molecule has 158 valence electrons. The number of halogens is 1. The number of nitrogens with one attached hydrogen (secondary N) is 3. The number of hydrogen-bond donors (Lipinski definition) is 3. The van der Waals surface area contributed by atoms with Gasteiger partial charge < -0.3 is 15.0 Å². The first-order chi connectivity index (χ1) is 15.1. The second-order valence-electron chi connectivity index (χ2n) is 7.82. The van der Waals surface area contributed by atoms with Gasteiger partial charge in [-0.25, -0.2) is 4.39 Å². The van der Waals surface area contributed by atoms with Gasteiger partial charge in [0.25, 0.3) is 0 Å². The molecule has 3 heterocycles.